The van der Waals surface area contributed by atoms with E-state index in [-0.39, 0.29) is 18.2 Å². The quantitative estimate of drug-likeness (QED) is 0.339. The molecule has 2 atom stereocenters. The lowest BCUT2D eigenvalue weighted by molar-refractivity contribution is -0.138. The number of amides is 1. The van der Waals surface area contributed by atoms with E-state index in [2.05, 4.69) is 51.4 Å². The van der Waals surface area contributed by atoms with E-state index in [4.69, 9.17) is 4.98 Å². The third-order valence-electron chi connectivity index (χ3n) is 8.13. The Hall–Kier alpha value is -3.65. The molecule has 8 heteroatoms. The van der Waals surface area contributed by atoms with Crippen LogP contribution in [0.15, 0.2) is 48.7 Å². The molecule has 1 amide bonds. The van der Waals surface area contributed by atoms with Gasteiger partial charge < -0.3 is 25.2 Å². The molecule has 212 valence electrons. The van der Waals surface area contributed by atoms with Gasteiger partial charge >= 0.3 is 5.97 Å². The minimum absolute atomic E-state index is 0.0585. The number of nitrogens with one attached hydrogen (secondary N) is 2. The third-order valence-corrected chi connectivity index (χ3v) is 8.13. The second-order valence-electron chi connectivity index (χ2n) is 11.4. The number of pyridine rings is 1. The van der Waals surface area contributed by atoms with Gasteiger partial charge in [0.2, 0.25) is 5.91 Å². The first-order valence-corrected chi connectivity index (χ1v) is 14.6. The van der Waals surface area contributed by atoms with Crippen molar-refractivity contribution >= 4 is 17.7 Å². The summed E-state index contributed by atoms with van der Waals surface area (Å²) in [6.07, 6.45) is 7.86. The number of carbonyl (C=O) groups is 2. The first kappa shape index (κ1) is 27.9. The summed E-state index contributed by atoms with van der Waals surface area (Å²) >= 11 is 0. The van der Waals surface area contributed by atoms with Gasteiger partial charge in [-0.2, -0.15) is 0 Å². The molecule has 4 heterocycles. The zero-order chi connectivity index (χ0) is 28.1. The van der Waals surface area contributed by atoms with E-state index in [0.29, 0.717) is 6.54 Å². The molecule has 0 saturated carbocycles. The zero-order valence-electron chi connectivity index (χ0n) is 23.7. The van der Waals surface area contributed by atoms with E-state index in [1.165, 1.54) is 5.56 Å². The van der Waals surface area contributed by atoms with Crippen molar-refractivity contribution < 1.29 is 14.7 Å². The second-order valence-corrected chi connectivity index (χ2v) is 11.4. The maximum Gasteiger partial charge on any atom is 0.305 e. The van der Waals surface area contributed by atoms with Crippen LogP contribution >= 0.6 is 0 Å². The summed E-state index contributed by atoms with van der Waals surface area (Å²) in [5.41, 5.74) is 6.46. The summed E-state index contributed by atoms with van der Waals surface area (Å²) in [6, 6.07) is 13.7. The Balaban J connectivity index is 1.18. The summed E-state index contributed by atoms with van der Waals surface area (Å²) in [5.74, 6) is -0.0936. The number of carboxylic acid groups (broad SMARTS) is 1. The maximum absolute atomic E-state index is 13.4. The average molecular weight is 544 g/mol. The van der Waals surface area contributed by atoms with Crippen LogP contribution in [0.5, 0.6) is 0 Å². The van der Waals surface area contributed by atoms with Gasteiger partial charge in [0, 0.05) is 36.4 Å². The molecule has 0 bridgehead atoms. The van der Waals surface area contributed by atoms with Gasteiger partial charge in [0.15, 0.2) is 0 Å². The highest BCUT2D eigenvalue weighted by Gasteiger charge is 2.28. The summed E-state index contributed by atoms with van der Waals surface area (Å²) in [4.78, 5) is 32.3. The molecule has 0 spiro atoms. The van der Waals surface area contributed by atoms with Crippen molar-refractivity contribution in [3.8, 4) is 5.69 Å². The minimum Gasteiger partial charge on any atom is -0.481 e. The van der Waals surface area contributed by atoms with Crippen molar-refractivity contribution in [2.75, 3.05) is 31.5 Å². The Kier molecular flexibility index (Phi) is 8.85. The molecule has 8 nitrogen and oxygen atoms in total. The number of piperidine rings is 1. The Morgan fingerprint density at radius 1 is 1.18 bits per heavy atom. The molecular weight excluding hydrogens is 502 g/mol. The Morgan fingerprint density at radius 2 is 2.05 bits per heavy atom. The molecule has 1 saturated heterocycles. The molecule has 40 heavy (non-hydrogen) atoms. The number of carbonyl (C=O) groups excluding carboxylic acids is 1. The molecule has 3 aromatic rings. The number of hydrogen-bond donors (Lipinski definition) is 3. The number of fused-ring (bicyclic) bond motifs is 1. The van der Waals surface area contributed by atoms with Gasteiger partial charge in [-0.3, -0.25) is 9.59 Å². The van der Waals surface area contributed by atoms with Gasteiger partial charge in [0.25, 0.3) is 0 Å². The van der Waals surface area contributed by atoms with E-state index in [1.807, 2.05) is 31.2 Å². The van der Waals surface area contributed by atoms with Crippen molar-refractivity contribution in [3.05, 3.63) is 76.7 Å². The van der Waals surface area contributed by atoms with Crippen molar-refractivity contribution in [3.63, 3.8) is 0 Å². The largest absolute Gasteiger partial charge is 0.481 e. The first-order chi connectivity index (χ1) is 19.4. The van der Waals surface area contributed by atoms with E-state index < -0.39 is 12.0 Å². The molecule has 1 fully saturated rings. The van der Waals surface area contributed by atoms with Crippen LogP contribution in [0.2, 0.25) is 0 Å². The fourth-order valence-electron chi connectivity index (χ4n) is 6.09. The summed E-state index contributed by atoms with van der Waals surface area (Å²) in [6.45, 7) is 7.70. The van der Waals surface area contributed by atoms with Crippen LogP contribution in [0.3, 0.4) is 0 Å². The van der Waals surface area contributed by atoms with Crippen LogP contribution in [0.1, 0.15) is 66.2 Å². The van der Waals surface area contributed by atoms with Crippen molar-refractivity contribution in [2.45, 2.75) is 64.8 Å². The van der Waals surface area contributed by atoms with Gasteiger partial charge in [-0.25, -0.2) is 4.98 Å². The number of rotatable bonds is 10. The fourth-order valence-corrected chi connectivity index (χ4v) is 6.09. The predicted molar refractivity (Wildman–Crippen MR) is 157 cm³/mol. The van der Waals surface area contributed by atoms with Crippen LogP contribution in [-0.4, -0.2) is 57.6 Å². The highest BCUT2D eigenvalue weighted by Crippen LogP contribution is 2.25. The number of anilines is 1. The standard InChI is InChI=1S/C32H41N5O3/c1-22-17-23(2)37(20-22)28-11-3-7-25(18-28)29(19-30(38)39)35-32(40)26-9-5-15-36(21-26)16-6-10-27-13-12-24-8-4-14-33-31(24)34-27/h3,7,11-13,17-18,20,26,29H,4-6,8-10,14-16,19,21H2,1-2H3,(H,33,34)(H,35,40)(H,38,39)/t26-,29+/m1/s1. The molecule has 0 radical (unpaired) electrons. The maximum atomic E-state index is 13.4. The number of carboxylic acids is 1. The smallest absolute Gasteiger partial charge is 0.305 e. The lowest BCUT2D eigenvalue weighted by atomic mass is 9.95. The Morgan fingerprint density at radius 3 is 2.85 bits per heavy atom. The van der Waals surface area contributed by atoms with Crippen LogP contribution < -0.4 is 10.6 Å². The van der Waals surface area contributed by atoms with Crippen LogP contribution in [0.4, 0.5) is 5.82 Å². The topological polar surface area (TPSA) is 99.5 Å². The van der Waals surface area contributed by atoms with Gasteiger partial charge in [-0.1, -0.05) is 18.2 Å². The van der Waals surface area contributed by atoms with Gasteiger partial charge in [-0.05, 0) is 106 Å². The lowest BCUT2D eigenvalue weighted by Crippen LogP contribution is -2.44. The highest BCUT2D eigenvalue weighted by molar-refractivity contribution is 5.80. The van der Waals surface area contributed by atoms with Crippen LogP contribution in [0.25, 0.3) is 5.69 Å². The number of aryl methyl sites for hydroxylation is 4. The summed E-state index contributed by atoms with van der Waals surface area (Å²) < 4.78 is 2.09. The van der Waals surface area contributed by atoms with Crippen LogP contribution in [0, 0.1) is 19.8 Å². The summed E-state index contributed by atoms with van der Waals surface area (Å²) in [7, 11) is 0. The van der Waals surface area contributed by atoms with E-state index >= 15 is 0 Å². The van der Waals surface area contributed by atoms with Crippen molar-refractivity contribution in [1.82, 2.24) is 19.8 Å². The molecule has 0 aliphatic carbocycles. The number of benzene rings is 1. The summed E-state index contributed by atoms with van der Waals surface area (Å²) in [5, 5.41) is 16.1. The lowest BCUT2D eigenvalue weighted by Gasteiger charge is -2.33. The number of hydrogen-bond acceptors (Lipinski definition) is 5. The number of aliphatic carboxylic acids is 1. The minimum atomic E-state index is -0.931. The zero-order valence-corrected chi connectivity index (χ0v) is 23.7. The van der Waals surface area contributed by atoms with Gasteiger partial charge in [0.05, 0.1) is 18.4 Å². The second kappa shape index (κ2) is 12.7. The molecule has 3 N–H and O–H groups in total. The first-order valence-electron chi connectivity index (χ1n) is 14.6. The van der Waals surface area contributed by atoms with Crippen molar-refractivity contribution in [2.24, 2.45) is 5.92 Å². The van der Waals surface area contributed by atoms with Gasteiger partial charge in [-0.15, -0.1) is 0 Å². The number of aromatic nitrogens is 2. The Bertz CT molecular complexity index is 1350. The third kappa shape index (κ3) is 6.91. The molecule has 2 aliphatic rings. The molecular formula is C32H41N5O3. The van der Waals surface area contributed by atoms with E-state index in [1.54, 1.807) is 0 Å². The van der Waals surface area contributed by atoms with E-state index in [0.717, 1.165) is 92.2 Å². The molecule has 2 aromatic heterocycles. The normalized spacial score (nSPS) is 18.0. The SMILES string of the molecule is Cc1cc(C)n(-c2cccc([C@H](CC(=O)O)NC(=O)[C@@H]3CCCN(CCCc4ccc5c(n4)NCCC5)C3)c2)c1. The Labute approximate surface area is 236 Å². The highest BCUT2D eigenvalue weighted by atomic mass is 16.4. The molecule has 0 unspecified atom stereocenters. The molecule has 1 aromatic carbocycles. The van der Waals surface area contributed by atoms with E-state index in [9.17, 15) is 14.7 Å². The predicted octanol–water partition coefficient (Wildman–Crippen LogP) is 4.82. The molecule has 2 aliphatic heterocycles. The monoisotopic (exact) mass is 543 g/mol. The van der Waals surface area contributed by atoms with Gasteiger partial charge in [0.1, 0.15) is 5.82 Å². The number of likely N-dealkylation sites (tertiary alicyclic amines) is 1. The van der Waals surface area contributed by atoms with Crippen LogP contribution in [-0.2, 0) is 22.4 Å². The molecule has 5 rings (SSSR count). The average Bonchev–Trinajstić information content (AvgIpc) is 3.30. The van der Waals surface area contributed by atoms with Crippen molar-refractivity contribution in [1.29, 1.82) is 0 Å². The number of nitrogens with zero attached hydrogens (tertiary/aromatic N) is 3. The fraction of sp³-hybridized carbons (Fsp3) is 0.469.